The molecular formula is C18H15N5O2S. The number of hydrogen-bond acceptors (Lipinski definition) is 5. The van der Waals surface area contributed by atoms with Crippen LogP contribution in [0.4, 0.5) is 0 Å². The van der Waals surface area contributed by atoms with E-state index in [1.807, 2.05) is 42.0 Å². The average Bonchev–Trinajstić information content (AvgIpc) is 3.34. The summed E-state index contributed by atoms with van der Waals surface area (Å²) in [6.07, 6.45) is 8.25. The van der Waals surface area contributed by atoms with Gasteiger partial charge in [-0.2, -0.15) is 0 Å². The molecule has 4 rings (SSSR count). The van der Waals surface area contributed by atoms with Gasteiger partial charge in [0, 0.05) is 35.9 Å². The Kier molecular flexibility index (Phi) is 4.10. The van der Waals surface area contributed by atoms with Crippen LogP contribution in [0.15, 0.2) is 65.6 Å². The van der Waals surface area contributed by atoms with E-state index in [9.17, 15) is 9.59 Å². The lowest BCUT2D eigenvalue weighted by Crippen LogP contribution is -2.32. The van der Waals surface area contributed by atoms with E-state index in [4.69, 9.17) is 0 Å². The molecule has 3 heterocycles. The number of nitrogens with zero attached hydrogens (tertiary/aromatic N) is 4. The predicted octanol–water partition coefficient (Wildman–Crippen LogP) is 2.43. The van der Waals surface area contributed by atoms with Gasteiger partial charge in [-0.1, -0.05) is 12.1 Å². The number of hydrogen-bond donors (Lipinski definition) is 1. The van der Waals surface area contributed by atoms with Crippen molar-refractivity contribution in [2.24, 2.45) is 0 Å². The van der Waals surface area contributed by atoms with E-state index in [-0.39, 0.29) is 17.2 Å². The summed E-state index contributed by atoms with van der Waals surface area (Å²) in [6, 6.07) is 7.53. The summed E-state index contributed by atoms with van der Waals surface area (Å²) in [4.78, 5) is 33.6. The summed E-state index contributed by atoms with van der Waals surface area (Å²) in [7, 11) is 0. The first-order chi connectivity index (χ1) is 12.6. The molecule has 1 N–H and O–H groups in total. The summed E-state index contributed by atoms with van der Waals surface area (Å²) < 4.78 is 3.28. The summed E-state index contributed by atoms with van der Waals surface area (Å²) in [5.74, 6) is -0.436. The van der Waals surface area contributed by atoms with Crippen LogP contribution in [0.3, 0.4) is 0 Å². The number of amides is 1. The van der Waals surface area contributed by atoms with Gasteiger partial charge in [0.25, 0.3) is 11.5 Å². The molecule has 0 aliphatic heterocycles. The average molecular weight is 365 g/mol. The summed E-state index contributed by atoms with van der Waals surface area (Å²) >= 11 is 1.35. The fourth-order valence-electron chi connectivity index (χ4n) is 2.69. The molecule has 4 aromatic rings. The van der Waals surface area contributed by atoms with Crippen LogP contribution < -0.4 is 10.9 Å². The van der Waals surface area contributed by atoms with Crippen LogP contribution in [-0.2, 0) is 0 Å². The van der Waals surface area contributed by atoms with Gasteiger partial charge >= 0.3 is 0 Å². The van der Waals surface area contributed by atoms with E-state index in [0.717, 1.165) is 11.3 Å². The number of imidazole rings is 1. The molecule has 130 valence electrons. The summed E-state index contributed by atoms with van der Waals surface area (Å²) in [5.41, 5.74) is 1.58. The van der Waals surface area contributed by atoms with Gasteiger partial charge in [-0.3, -0.25) is 14.0 Å². The molecule has 1 amide bonds. The van der Waals surface area contributed by atoms with Crippen molar-refractivity contribution in [1.82, 2.24) is 24.3 Å². The van der Waals surface area contributed by atoms with Crippen LogP contribution in [0.1, 0.15) is 28.9 Å². The van der Waals surface area contributed by atoms with Crippen LogP contribution in [0, 0.1) is 0 Å². The quantitative estimate of drug-likeness (QED) is 0.602. The fourth-order valence-corrected chi connectivity index (χ4v) is 3.36. The van der Waals surface area contributed by atoms with Crippen LogP contribution in [0.25, 0.3) is 10.6 Å². The smallest absolute Gasteiger partial charge is 0.271 e. The predicted molar refractivity (Wildman–Crippen MR) is 98.8 cm³/mol. The minimum atomic E-state index is -0.436. The SMILES string of the molecule is C[C@H](NC(=O)c1cnc2sccn2c1=O)c1ccc(-n2ccnc2)cc1. The maximum atomic E-state index is 12.5. The number of thiazole rings is 1. The molecule has 8 heteroatoms. The van der Waals surface area contributed by atoms with E-state index >= 15 is 0 Å². The molecule has 0 radical (unpaired) electrons. The standard InChI is InChI=1S/C18H15N5O2S/c1-12(13-2-4-14(5-3-13)22-7-6-19-11-22)21-16(24)15-10-20-18-23(17(15)25)8-9-26-18/h2-12H,1H3,(H,21,24)/t12-/m0/s1. The van der Waals surface area contributed by atoms with Gasteiger partial charge in [0.15, 0.2) is 4.96 Å². The second-order valence-electron chi connectivity index (χ2n) is 5.79. The molecule has 0 fully saturated rings. The van der Waals surface area contributed by atoms with Crippen molar-refractivity contribution < 1.29 is 4.79 Å². The number of nitrogens with one attached hydrogen (secondary N) is 1. The van der Waals surface area contributed by atoms with E-state index in [2.05, 4.69) is 15.3 Å². The zero-order valence-electron chi connectivity index (χ0n) is 13.9. The molecule has 0 spiro atoms. The first-order valence-electron chi connectivity index (χ1n) is 7.97. The van der Waals surface area contributed by atoms with Gasteiger partial charge in [0.2, 0.25) is 0 Å². The lowest BCUT2D eigenvalue weighted by Gasteiger charge is -2.15. The van der Waals surface area contributed by atoms with E-state index in [1.54, 1.807) is 24.1 Å². The van der Waals surface area contributed by atoms with E-state index < -0.39 is 5.91 Å². The molecule has 0 saturated heterocycles. The Balaban J connectivity index is 1.53. The van der Waals surface area contributed by atoms with Crippen molar-refractivity contribution in [3.63, 3.8) is 0 Å². The molecule has 0 bridgehead atoms. The molecule has 0 aliphatic carbocycles. The molecular weight excluding hydrogens is 350 g/mol. The van der Waals surface area contributed by atoms with Crippen molar-refractivity contribution in [3.8, 4) is 5.69 Å². The zero-order valence-corrected chi connectivity index (χ0v) is 14.7. The van der Waals surface area contributed by atoms with Crippen LogP contribution >= 0.6 is 11.3 Å². The molecule has 0 unspecified atom stereocenters. The number of rotatable bonds is 4. The first kappa shape index (κ1) is 16.2. The lowest BCUT2D eigenvalue weighted by molar-refractivity contribution is 0.0938. The molecule has 1 aromatic carbocycles. The van der Waals surface area contributed by atoms with Gasteiger partial charge < -0.3 is 9.88 Å². The monoisotopic (exact) mass is 365 g/mol. The zero-order chi connectivity index (χ0) is 18.1. The van der Waals surface area contributed by atoms with Crippen LogP contribution in [0.5, 0.6) is 0 Å². The highest BCUT2D eigenvalue weighted by molar-refractivity contribution is 7.15. The Hall–Kier alpha value is -3.26. The second kappa shape index (κ2) is 6.57. The van der Waals surface area contributed by atoms with Crippen LogP contribution in [-0.4, -0.2) is 24.8 Å². The highest BCUT2D eigenvalue weighted by Gasteiger charge is 2.16. The Morgan fingerprint density at radius 1 is 1.23 bits per heavy atom. The molecule has 0 saturated carbocycles. The summed E-state index contributed by atoms with van der Waals surface area (Å²) in [5, 5.41) is 4.62. The van der Waals surface area contributed by atoms with Crippen molar-refractivity contribution in [2.45, 2.75) is 13.0 Å². The number of aromatic nitrogens is 4. The van der Waals surface area contributed by atoms with Gasteiger partial charge in [-0.25, -0.2) is 9.97 Å². The Labute approximate surface area is 152 Å². The lowest BCUT2D eigenvalue weighted by atomic mass is 10.1. The van der Waals surface area contributed by atoms with Crippen LogP contribution in [0.2, 0.25) is 0 Å². The highest BCUT2D eigenvalue weighted by atomic mass is 32.1. The Bertz CT molecular complexity index is 1110. The fraction of sp³-hybridized carbons (Fsp3) is 0.111. The minimum Gasteiger partial charge on any atom is -0.345 e. The third-order valence-electron chi connectivity index (χ3n) is 4.13. The highest BCUT2D eigenvalue weighted by Crippen LogP contribution is 2.16. The third kappa shape index (κ3) is 2.91. The Morgan fingerprint density at radius 3 is 2.77 bits per heavy atom. The van der Waals surface area contributed by atoms with Crippen molar-refractivity contribution >= 4 is 22.2 Å². The van der Waals surface area contributed by atoms with Crippen molar-refractivity contribution in [2.75, 3.05) is 0 Å². The van der Waals surface area contributed by atoms with E-state index in [1.165, 1.54) is 21.9 Å². The maximum Gasteiger partial charge on any atom is 0.271 e. The third-order valence-corrected chi connectivity index (χ3v) is 4.90. The first-order valence-corrected chi connectivity index (χ1v) is 8.85. The molecule has 7 nitrogen and oxygen atoms in total. The normalized spacial score (nSPS) is 12.2. The molecule has 1 atom stereocenters. The number of carbonyl (C=O) groups is 1. The van der Waals surface area contributed by atoms with Gasteiger partial charge in [0.1, 0.15) is 5.56 Å². The van der Waals surface area contributed by atoms with E-state index in [0.29, 0.717) is 4.96 Å². The van der Waals surface area contributed by atoms with Crippen molar-refractivity contribution in [3.05, 3.63) is 82.2 Å². The largest absolute Gasteiger partial charge is 0.345 e. The minimum absolute atomic E-state index is 0.0304. The number of carbonyl (C=O) groups excluding carboxylic acids is 1. The van der Waals surface area contributed by atoms with Gasteiger partial charge in [-0.05, 0) is 24.6 Å². The molecule has 26 heavy (non-hydrogen) atoms. The molecule has 3 aromatic heterocycles. The Morgan fingerprint density at radius 2 is 2.04 bits per heavy atom. The summed E-state index contributed by atoms with van der Waals surface area (Å²) in [6.45, 7) is 1.87. The topological polar surface area (TPSA) is 81.3 Å². The molecule has 0 aliphatic rings. The van der Waals surface area contributed by atoms with Gasteiger partial charge in [-0.15, -0.1) is 11.3 Å². The number of benzene rings is 1. The van der Waals surface area contributed by atoms with Gasteiger partial charge in [0.05, 0.1) is 12.4 Å². The second-order valence-corrected chi connectivity index (χ2v) is 6.66. The maximum absolute atomic E-state index is 12.5. The van der Waals surface area contributed by atoms with Crippen molar-refractivity contribution in [1.29, 1.82) is 0 Å². The number of fused-ring (bicyclic) bond motifs is 1.